The molecule has 0 radical (unpaired) electrons. The number of hydrogen-bond donors (Lipinski definition) is 0. The normalized spacial score (nSPS) is 30.0. The zero-order valence-electron chi connectivity index (χ0n) is 27.0. The summed E-state index contributed by atoms with van der Waals surface area (Å²) in [6.07, 6.45) is -13.5. The Morgan fingerprint density at radius 1 is 0.574 bits per heavy atom. The predicted octanol–water partition coefficient (Wildman–Crippen LogP) is -0.829. The molecule has 9 atom stereocenters. The molecule has 0 N–H and O–H groups in total. The van der Waals surface area contributed by atoms with E-state index in [0.29, 0.717) is 0 Å². The van der Waals surface area contributed by atoms with E-state index in [-0.39, 0.29) is 0 Å². The minimum absolute atomic E-state index is 0.579. The van der Waals surface area contributed by atoms with Crippen LogP contribution in [0.3, 0.4) is 0 Å². The van der Waals surface area contributed by atoms with Crippen LogP contribution in [0.4, 0.5) is 0 Å². The third-order valence-electron chi connectivity index (χ3n) is 6.23. The van der Waals surface area contributed by atoms with Gasteiger partial charge in [0, 0.05) is 55.4 Å². The maximum absolute atomic E-state index is 12.4. The molecule has 2 aliphatic heterocycles. The van der Waals surface area contributed by atoms with Gasteiger partial charge in [-0.15, -0.1) is 0 Å². The Kier molecular flexibility index (Phi) is 14.0. The highest BCUT2D eigenvalue weighted by Crippen LogP contribution is 2.38. The van der Waals surface area contributed by atoms with Gasteiger partial charge in [-0.3, -0.25) is 38.4 Å². The maximum atomic E-state index is 12.4. The molecule has 0 aromatic heterocycles. The lowest BCUT2D eigenvalue weighted by molar-refractivity contribution is -0.387. The highest BCUT2D eigenvalue weighted by molar-refractivity contribution is 5.70. The third-order valence-corrected chi connectivity index (χ3v) is 6.23. The molecule has 2 fully saturated rings. The Morgan fingerprint density at radius 2 is 1.06 bits per heavy atom. The van der Waals surface area contributed by atoms with Crippen LogP contribution in [-0.2, 0) is 90.5 Å². The fraction of sp³-hybridized carbons (Fsp3) is 0.714. The Bertz CT molecular complexity index is 1210. The van der Waals surface area contributed by atoms with Crippen molar-refractivity contribution in [1.82, 2.24) is 0 Å². The van der Waals surface area contributed by atoms with E-state index in [4.69, 9.17) is 52.1 Å². The van der Waals surface area contributed by atoms with Crippen molar-refractivity contribution in [3.63, 3.8) is 0 Å². The van der Waals surface area contributed by atoms with Gasteiger partial charge in [0.25, 0.3) is 5.79 Å². The van der Waals surface area contributed by atoms with Crippen LogP contribution in [0, 0.1) is 0 Å². The molecule has 0 amide bonds. The Labute approximate surface area is 268 Å². The topological polar surface area (TPSA) is 238 Å². The monoisotopic (exact) mass is 678 g/mol. The largest absolute Gasteiger partial charge is 0.463 e. The van der Waals surface area contributed by atoms with Crippen molar-refractivity contribution in [3.8, 4) is 0 Å². The van der Waals surface area contributed by atoms with Gasteiger partial charge in [0.1, 0.15) is 12.7 Å². The molecule has 47 heavy (non-hydrogen) atoms. The quantitative estimate of drug-likeness (QED) is 0.181. The van der Waals surface area contributed by atoms with Crippen LogP contribution in [0.1, 0.15) is 55.4 Å². The molecule has 0 saturated carbocycles. The number of ether oxygens (including phenoxy) is 11. The molecule has 0 unspecified atom stereocenters. The zero-order chi connectivity index (χ0) is 35.6. The molecule has 2 saturated heterocycles. The highest BCUT2D eigenvalue weighted by atomic mass is 16.8. The number of carbonyl (C=O) groups excluding carboxylic acids is 8. The van der Waals surface area contributed by atoms with E-state index in [9.17, 15) is 38.4 Å². The fourth-order valence-electron chi connectivity index (χ4n) is 4.80. The number of carbonyl (C=O) groups is 8. The van der Waals surface area contributed by atoms with E-state index < -0.39 is 122 Å². The van der Waals surface area contributed by atoms with Crippen LogP contribution < -0.4 is 0 Å². The van der Waals surface area contributed by atoms with E-state index in [1.54, 1.807) is 0 Å². The van der Waals surface area contributed by atoms with E-state index in [2.05, 4.69) is 0 Å². The molecule has 2 heterocycles. The van der Waals surface area contributed by atoms with Gasteiger partial charge >= 0.3 is 47.8 Å². The van der Waals surface area contributed by atoms with E-state index in [1.165, 1.54) is 0 Å². The second kappa shape index (κ2) is 17.0. The third kappa shape index (κ3) is 11.4. The van der Waals surface area contributed by atoms with Crippen LogP contribution in [0.25, 0.3) is 0 Å². The Hall–Kier alpha value is -4.36. The first-order valence-corrected chi connectivity index (χ1v) is 14.1. The minimum atomic E-state index is -2.44. The molecular weight excluding hydrogens is 640 g/mol. The first kappa shape index (κ1) is 38.8. The molecule has 2 aliphatic rings. The summed E-state index contributed by atoms with van der Waals surface area (Å²) in [6.45, 7) is 6.08. The Morgan fingerprint density at radius 3 is 1.55 bits per heavy atom. The molecule has 0 spiro atoms. The first-order valence-electron chi connectivity index (χ1n) is 14.1. The average Bonchev–Trinajstić information content (AvgIpc) is 2.91. The van der Waals surface area contributed by atoms with Crippen LogP contribution in [0.2, 0.25) is 0 Å². The van der Waals surface area contributed by atoms with Crippen LogP contribution in [-0.4, -0.2) is 122 Å². The van der Waals surface area contributed by atoms with Gasteiger partial charge in [-0.1, -0.05) is 0 Å². The van der Waals surface area contributed by atoms with Gasteiger partial charge in [0.15, 0.2) is 49.5 Å². The summed E-state index contributed by atoms with van der Waals surface area (Å²) in [4.78, 5) is 96.8. The van der Waals surface area contributed by atoms with Crippen LogP contribution >= 0.6 is 0 Å². The molecule has 19 heteroatoms. The maximum Gasteiger partial charge on any atom is 0.305 e. The molecule has 0 aromatic carbocycles. The van der Waals surface area contributed by atoms with Crippen LogP contribution in [0.5, 0.6) is 0 Å². The molecule has 0 aromatic rings. The second-order valence-corrected chi connectivity index (χ2v) is 10.3. The molecule has 2 rings (SSSR count). The zero-order valence-corrected chi connectivity index (χ0v) is 27.0. The molecule has 0 aliphatic carbocycles. The predicted molar refractivity (Wildman–Crippen MR) is 145 cm³/mol. The standard InChI is InChI=1S/C28H38O19/c1-12(29)37-9-20-22(41-15(4)32)24(43-17(6)34)25(44-18(7)35)27(45-20)46-26-23(42-16(5)33)21(40-14(3)31)10-39-28(26,47-19(8)36)11-38-13(2)30/h20-27H,9-11H2,1-8H3/t20-,21+,22-,23+,24-,25-,26+,27-,28-/m0/s1. The molecule has 0 bridgehead atoms. The fourth-order valence-corrected chi connectivity index (χ4v) is 4.80. The lowest BCUT2D eigenvalue weighted by atomic mass is 9.94. The molecular formula is C28H38O19. The smallest absolute Gasteiger partial charge is 0.305 e. The first-order chi connectivity index (χ1) is 21.8. The van der Waals surface area contributed by atoms with Crippen molar-refractivity contribution in [2.75, 3.05) is 19.8 Å². The number of esters is 8. The van der Waals surface area contributed by atoms with Crippen molar-refractivity contribution in [2.24, 2.45) is 0 Å². The van der Waals surface area contributed by atoms with E-state index in [0.717, 1.165) is 55.4 Å². The summed E-state index contributed by atoms with van der Waals surface area (Å²) in [6, 6.07) is 0. The molecule has 264 valence electrons. The van der Waals surface area contributed by atoms with Crippen molar-refractivity contribution >= 4 is 47.8 Å². The summed E-state index contributed by atoms with van der Waals surface area (Å²) in [5.41, 5.74) is 0. The van der Waals surface area contributed by atoms with Crippen molar-refractivity contribution in [2.45, 2.75) is 110 Å². The average molecular weight is 679 g/mol. The van der Waals surface area contributed by atoms with Gasteiger partial charge in [0.05, 0.1) is 6.61 Å². The summed E-state index contributed by atoms with van der Waals surface area (Å²) in [5.74, 6) is -9.66. The van der Waals surface area contributed by atoms with Crippen LogP contribution in [0.15, 0.2) is 0 Å². The number of hydrogen-bond acceptors (Lipinski definition) is 19. The lowest BCUT2D eigenvalue weighted by Gasteiger charge is -2.50. The minimum Gasteiger partial charge on any atom is -0.463 e. The highest BCUT2D eigenvalue weighted by Gasteiger charge is 2.62. The van der Waals surface area contributed by atoms with Crippen molar-refractivity contribution in [1.29, 1.82) is 0 Å². The Balaban J connectivity index is 2.81. The van der Waals surface area contributed by atoms with Gasteiger partial charge in [-0.25, -0.2) is 0 Å². The van der Waals surface area contributed by atoms with E-state index in [1.807, 2.05) is 0 Å². The van der Waals surface area contributed by atoms with Gasteiger partial charge in [-0.05, 0) is 0 Å². The lowest BCUT2D eigenvalue weighted by Crippen LogP contribution is -2.70. The van der Waals surface area contributed by atoms with Gasteiger partial charge in [0.2, 0.25) is 0 Å². The second-order valence-electron chi connectivity index (χ2n) is 10.3. The van der Waals surface area contributed by atoms with E-state index >= 15 is 0 Å². The molecule has 19 nitrogen and oxygen atoms in total. The van der Waals surface area contributed by atoms with Gasteiger partial charge < -0.3 is 52.1 Å². The van der Waals surface area contributed by atoms with Crippen molar-refractivity contribution in [3.05, 3.63) is 0 Å². The summed E-state index contributed by atoms with van der Waals surface area (Å²) in [7, 11) is 0. The van der Waals surface area contributed by atoms with Gasteiger partial charge in [-0.2, -0.15) is 0 Å². The summed E-state index contributed by atoms with van der Waals surface area (Å²) in [5, 5.41) is 0. The SMILES string of the molecule is CC(=O)OC[C@@H]1O[C@@H](O[C@@H]2[C@H](OC(C)=O)[C@H](OC(C)=O)CO[C@@]2(COC(C)=O)OC(C)=O)[C@@H](OC(C)=O)[C@@H](OC(C)=O)[C@H]1OC(C)=O. The van der Waals surface area contributed by atoms with Crippen molar-refractivity contribution < 1.29 is 90.5 Å². The summed E-state index contributed by atoms with van der Waals surface area (Å²) < 4.78 is 60.4. The summed E-state index contributed by atoms with van der Waals surface area (Å²) >= 11 is 0. The number of rotatable bonds is 12.